The molecule has 0 aliphatic carbocycles. The van der Waals surface area contributed by atoms with Crippen LogP contribution in [-0.4, -0.2) is 28.6 Å². The molecule has 0 aliphatic rings. The van der Waals surface area contributed by atoms with E-state index in [-0.39, 0.29) is 4.90 Å². The Labute approximate surface area is 162 Å². The van der Waals surface area contributed by atoms with E-state index in [2.05, 4.69) is 20.2 Å². The lowest BCUT2D eigenvalue weighted by Gasteiger charge is -2.11. The van der Waals surface area contributed by atoms with E-state index in [9.17, 15) is 8.42 Å². The number of anilines is 1. The minimum Gasteiger partial charge on any atom is -0.279 e. The molecule has 0 bridgehead atoms. The van der Waals surface area contributed by atoms with Crippen LogP contribution >= 0.6 is 0 Å². The third kappa shape index (κ3) is 3.63. The molecule has 0 unspecified atom stereocenters. The zero-order chi connectivity index (χ0) is 19.6. The topological polar surface area (TPSA) is 89.8 Å². The van der Waals surface area contributed by atoms with Crippen LogP contribution in [0.4, 0.5) is 5.69 Å². The molecule has 1 heterocycles. The number of para-hydroxylation sites is 1. The molecule has 7 nitrogen and oxygen atoms in total. The molecule has 3 aromatic carbocycles. The van der Waals surface area contributed by atoms with Gasteiger partial charge in [-0.05, 0) is 64.4 Å². The Kier molecular flexibility index (Phi) is 4.62. The van der Waals surface area contributed by atoms with Crippen LogP contribution in [0.25, 0.3) is 16.8 Å². The third-order valence-electron chi connectivity index (χ3n) is 4.37. The molecule has 8 heteroatoms. The van der Waals surface area contributed by atoms with Crippen molar-refractivity contribution in [1.82, 2.24) is 20.2 Å². The van der Waals surface area contributed by atoms with E-state index in [1.54, 1.807) is 41.1 Å². The zero-order valence-electron chi connectivity index (χ0n) is 15.0. The van der Waals surface area contributed by atoms with Crippen molar-refractivity contribution in [2.75, 3.05) is 4.72 Å². The van der Waals surface area contributed by atoms with E-state index >= 15 is 0 Å². The van der Waals surface area contributed by atoms with Crippen molar-refractivity contribution < 1.29 is 8.42 Å². The van der Waals surface area contributed by atoms with E-state index in [4.69, 9.17) is 0 Å². The molecule has 1 aromatic heterocycles. The average molecular weight is 391 g/mol. The normalized spacial score (nSPS) is 11.3. The molecular formula is C20H17N5O2S. The first kappa shape index (κ1) is 17.9. The SMILES string of the molecule is Cc1ccccc1NS(=O)(=O)c1ccc(-c2ccc(-n3cnnn3)cc2)cc1. The first-order valence-corrected chi connectivity index (χ1v) is 10.0. The highest BCUT2D eigenvalue weighted by Gasteiger charge is 2.15. The molecule has 4 rings (SSSR count). The van der Waals surface area contributed by atoms with Crippen LogP contribution in [-0.2, 0) is 10.0 Å². The number of aromatic nitrogens is 4. The van der Waals surface area contributed by atoms with Crippen LogP contribution in [0.3, 0.4) is 0 Å². The second-order valence-electron chi connectivity index (χ2n) is 6.25. The highest BCUT2D eigenvalue weighted by Crippen LogP contribution is 2.24. The lowest BCUT2D eigenvalue weighted by molar-refractivity contribution is 0.601. The van der Waals surface area contributed by atoms with Gasteiger partial charge < -0.3 is 0 Å². The summed E-state index contributed by atoms with van der Waals surface area (Å²) in [5.74, 6) is 0. The fourth-order valence-corrected chi connectivity index (χ4v) is 3.93. The van der Waals surface area contributed by atoms with Gasteiger partial charge in [-0.2, -0.15) is 0 Å². The van der Waals surface area contributed by atoms with Crippen LogP contribution in [0, 0.1) is 6.92 Å². The quantitative estimate of drug-likeness (QED) is 0.563. The maximum absolute atomic E-state index is 12.6. The van der Waals surface area contributed by atoms with Crippen molar-refractivity contribution in [2.24, 2.45) is 0 Å². The number of benzene rings is 3. The third-order valence-corrected chi connectivity index (χ3v) is 5.75. The summed E-state index contributed by atoms with van der Waals surface area (Å²) in [6, 6.07) is 21.7. The number of hydrogen-bond acceptors (Lipinski definition) is 5. The van der Waals surface area contributed by atoms with Crippen molar-refractivity contribution in [2.45, 2.75) is 11.8 Å². The summed E-state index contributed by atoms with van der Waals surface area (Å²) >= 11 is 0. The van der Waals surface area contributed by atoms with E-state index < -0.39 is 10.0 Å². The molecule has 0 aliphatic heterocycles. The molecular weight excluding hydrogens is 374 g/mol. The first-order chi connectivity index (χ1) is 13.5. The summed E-state index contributed by atoms with van der Waals surface area (Å²) < 4.78 is 29.5. The maximum atomic E-state index is 12.6. The predicted molar refractivity (Wildman–Crippen MR) is 107 cm³/mol. The molecule has 0 fully saturated rings. The second kappa shape index (κ2) is 7.24. The summed E-state index contributed by atoms with van der Waals surface area (Å²) in [5.41, 5.74) is 4.16. The maximum Gasteiger partial charge on any atom is 0.261 e. The smallest absolute Gasteiger partial charge is 0.261 e. The minimum atomic E-state index is -3.65. The first-order valence-electron chi connectivity index (χ1n) is 8.55. The van der Waals surface area contributed by atoms with E-state index in [1.807, 2.05) is 43.3 Å². The lowest BCUT2D eigenvalue weighted by atomic mass is 10.1. The monoisotopic (exact) mass is 391 g/mol. The molecule has 0 radical (unpaired) electrons. The standard InChI is InChI=1S/C20H17N5O2S/c1-15-4-2-3-5-20(15)22-28(26,27)19-12-8-17(9-13-19)16-6-10-18(11-7-16)25-14-21-23-24-25/h2-14,22H,1H3. The van der Waals surface area contributed by atoms with Crippen molar-refractivity contribution in [1.29, 1.82) is 0 Å². The Morgan fingerprint density at radius 1 is 0.857 bits per heavy atom. The number of hydrogen-bond donors (Lipinski definition) is 1. The van der Waals surface area contributed by atoms with Gasteiger partial charge in [0, 0.05) is 0 Å². The number of nitrogens with one attached hydrogen (secondary N) is 1. The number of tetrazole rings is 1. The molecule has 0 atom stereocenters. The van der Waals surface area contributed by atoms with Gasteiger partial charge in [-0.15, -0.1) is 5.10 Å². The van der Waals surface area contributed by atoms with E-state index in [0.29, 0.717) is 5.69 Å². The Balaban J connectivity index is 1.56. The van der Waals surface area contributed by atoms with Gasteiger partial charge in [-0.3, -0.25) is 4.72 Å². The molecule has 1 N–H and O–H groups in total. The summed E-state index contributed by atoms with van der Waals surface area (Å²) in [6.45, 7) is 1.86. The Hall–Kier alpha value is -3.52. The predicted octanol–water partition coefficient (Wildman–Crippen LogP) is 3.44. The Bertz CT molecular complexity index is 1190. The fraction of sp³-hybridized carbons (Fsp3) is 0.0500. The number of rotatable bonds is 5. The Morgan fingerprint density at radius 3 is 2.11 bits per heavy atom. The van der Waals surface area contributed by atoms with Crippen LogP contribution in [0.15, 0.2) is 84.0 Å². The summed E-state index contributed by atoms with van der Waals surface area (Å²) in [6.07, 6.45) is 1.52. The zero-order valence-corrected chi connectivity index (χ0v) is 15.8. The van der Waals surface area contributed by atoms with Gasteiger partial charge in [0.15, 0.2) is 0 Å². The van der Waals surface area contributed by atoms with Gasteiger partial charge in [-0.1, -0.05) is 42.5 Å². The molecule has 28 heavy (non-hydrogen) atoms. The number of sulfonamides is 1. The number of aryl methyl sites for hydroxylation is 1. The molecule has 0 spiro atoms. The van der Waals surface area contributed by atoms with Gasteiger partial charge in [0.2, 0.25) is 0 Å². The highest BCUT2D eigenvalue weighted by atomic mass is 32.2. The van der Waals surface area contributed by atoms with Crippen LogP contribution in [0.2, 0.25) is 0 Å². The highest BCUT2D eigenvalue weighted by molar-refractivity contribution is 7.92. The Morgan fingerprint density at radius 2 is 1.50 bits per heavy atom. The van der Waals surface area contributed by atoms with Crippen molar-refractivity contribution >= 4 is 15.7 Å². The van der Waals surface area contributed by atoms with Crippen molar-refractivity contribution in [3.63, 3.8) is 0 Å². The van der Waals surface area contributed by atoms with Gasteiger partial charge in [0.1, 0.15) is 6.33 Å². The van der Waals surface area contributed by atoms with E-state index in [0.717, 1.165) is 22.4 Å². The van der Waals surface area contributed by atoms with Gasteiger partial charge in [0.25, 0.3) is 10.0 Å². The molecule has 140 valence electrons. The fourth-order valence-electron chi connectivity index (χ4n) is 2.80. The van der Waals surface area contributed by atoms with Crippen molar-refractivity contribution in [3.05, 3.63) is 84.7 Å². The minimum absolute atomic E-state index is 0.213. The van der Waals surface area contributed by atoms with Gasteiger partial charge in [0.05, 0.1) is 16.3 Å². The van der Waals surface area contributed by atoms with Crippen LogP contribution < -0.4 is 4.72 Å². The summed E-state index contributed by atoms with van der Waals surface area (Å²) in [5, 5.41) is 11.1. The molecule has 0 amide bonds. The number of nitrogens with zero attached hydrogens (tertiary/aromatic N) is 4. The molecule has 0 saturated heterocycles. The van der Waals surface area contributed by atoms with Gasteiger partial charge >= 0.3 is 0 Å². The molecule has 0 saturated carbocycles. The largest absolute Gasteiger partial charge is 0.279 e. The average Bonchev–Trinajstić information content (AvgIpc) is 3.25. The van der Waals surface area contributed by atoms with Crippen LogP contribution in [0.1, 0.15) is 5.56 Å². The second-order valence-corrected chi connectivity index (χ2v) is 7.93. The molecule has 4 aromatic rings. The van der Waals surface area contributed by atoms with Crippen molar-refractivity contribution in [3.8, 4) is 16.8 Å². The summed E-state index contributed by atoms with van der Waals surface area (Å²) in [4.78, 5) is 0.213. The van der Waals surface area contributed by atoms with E-state index in [1.165, 1.54) is 6.33 Å². The van der Waals surface area contributed by atoms with Crippen LogP contribution in [0.5, 0.6) is 0 Å². The summed E-state index contributed by atoms with van der Waals surface area (Å²) in [7, 11) is -3.65. The lowest BCUT2D eigenvalue weighted by Crippen LogP contribution is -2.13. The van der Waals surface area contributed by atoms with Gasteiger partial charge in [-0.25, -0.2) is 13.1 Å².